The van der Waals surface area contributed by atoms with Gasteiger partial charge < -0.3 is 14.8 Å². The van der Waals surface area contributed by atoms with E-state index in [1.807, 2.05) is 0 Å². The molecule has 29 heavy (non-hydrogen) atoms. The molecule has 1 aliphatic rings. The average molecular weight is 437 g/mol. The van der Waals surface area contributed by atoms with Crippen LogP contribution >= 0.6 is 11.6 Å². The Bertz CT molecular complexity index is 1030. The van der Waals surface area contributed by atoms with Gasteiger partial charge in [-0.3, -0.25) is 4.79 Å². The second kappa shape index (κ2) is 8.86. The molecule has 0 radical (unpaired) electrons. The molecule has 2 aromatic carbocycles. The van der Waals surface area contributed by atoms with Crippen molar-refractivity contribution in [3.63, 3.8) is 0 Å². The number of nitrogens with zero attached hydrogens (tertiary/aromatic N) is 1. The van der Waals surface area contributed by atoms with Gasteiger partial charge in [-0.1, -0.05) is 37.6 Å². The van der Waals surface area contributed by atoms with Gasteiger partial charge in [0.05, 0.1) is 15.6 Å². The maximum absolute atomic E-state index is 12.5. The Labute approximate surface area is 174 Å². The first-order chi connectivity index (χ1) is 13.8. The minimum absolute atomic E-state index is 0.114. The maximum Gasteiger partial charge on any atom is 0.248 e. The molecular formula is C20H21ClN2O5S. The van der Waals surface area contributed by atoms with Crippen molar-refractivity contribution >= 4 is 39.3 Å². The first-order valence-corrected chi connectivity index (χ1v) is 10.9. The van der Waals surface area contributed by atoms with Crippen LogP contribution in [0.2, 0.25) is 5.02 Å². The van der Waals surface area contributed by atoms with Crippen LogP contribution in [0.25, 0.3) is 6.08 Å². The number of ether oxygens (including phenoxy) is 2. The van der Waals surface area contributed by atoms with Gasteiger partial charge in [0.15, 0.2) is 11.5 Å². The Balaban J connectivity index is 1.68. The number of anilines is 1. The lowest BCUT2D eigenvalue weighted by atomic mass is 10.2. The van der Waals surface area contributed by atoms with E-state index in [9.17, 15) is 13.2 Å². The molecule has 7 nitrogen and oxygen atoms in total. The molecule has 0 bridgehead atoms. The fraction of sp³-hybridized carbons (Fsp3) is 0.250. The second-order valence-electron chi connectivity index (χ2n) is 6.17. The number of hydrogen-bond donors (Lipinski definition) is 1. The third-order valence-electron chi connectivity index (χ3n) is 4.37. The summed E-state index contributed by atoms with van der Waals surface area (Å²) < 4.78 is 36.9. The van der Waals surface area contributed by atoms with Gasteiger partial charge in [-0.05, 0) is 23.8 Å². The second-order valence-corrected chi connectivity index (χ2v) is 8.51. The van der Waals surface area contributed by atoms with E-state index in [1.165, 1.54) is 22.5 Å². The van der Waals surface area contributed by atoms with Crippen LogP contribution in [0.4, 0.5) is 5.69 Å². The largest absolute Gasteiger partial charge is 0.454 e. The lowest BCUT2D eigenvalue weighted by Gasteiger charge is -2.18. The molecular weight excluding hydrogens is 416 g/mol. The summed E-state index contributed by atoms with van der Waals surface area (Å²) in [6.07, 6.45) is 2.93. The molecule has 3 rings (SSSR count). The number of hydrogen-bond acceptors (Lipinski definition) is 5. The van der Waals surface area contributed by atoms with E-state index in [-0.39, 0.29) is 17.6 Å². The van der Waals surface area contributed by atoms with E-state index < -0.39 is 10.0 Å². The van der Waals surface area contributed by atoms with E-state index in [1.54, 1.807) is 44.2 Å². The van der Waals surface area contributed by atoms with E-state index >= 15 is 0 Å². The lowest BCUT2D eigenvalue weighted by Crippen LogP contribution is -2.30. The number of sulfonamides is 1. The number of rotatable bonds is 7. The van der Waals surface area contributed by atoms with Gasteiger partial charge in [0, 0.05) is 31.3 Å². The number of amides is 1. The molecule has 0 atom stereocenters. The van der Waals surface area contributed by atoms with Crippen molar-refractivity contribution in [1.29, 1.82) is 0 Å². The summed E-state index contributed by atoms with van der Waals surface area (Å²) in [4.78, 5) is 12.4. The van der Waals surface area contributed by atoms with Gasteiger partial charge in [0.2, 0.25) is 22.7 Å². The predicted octanol–water partition coefficient (Wildman–Crippen LogP) is 3.75. The van der Waals surface area contributed by atoms with Gasteiger partial charge in [-0.25, -0.2) is 8.42 Å². The number of carbonyl (C=O) groups excluding carboxylic acids is 1. The number of nitrogens with one attached hydrogen (secondary N) is 1. The molecule has 0 saturated heterocycles. The molecule has 2 aromatic rings. The molecule has 0 unspecified atom stereocenters. The summed E-state index contributed by atoms with van der Waals surface area (Å²) in [7, 11) is -3.51. The summed E-state index contributed by atoms with van der Waals surface area (Å²) in [5.41, 5.74) is 1.10. The molecule has 0 saturated carbocycles. The zero-order valence-corrected chi connectivity index (χ0v) is 17.6. The molecule has 9 heteroatoms. The first-order valence-electron chi connectivity index (χ1n) is 9.03. The molecule has 1 amide bonds. The Morgan fingerprint density at radius 2 is 1.76 bits per heavy atom. The van der Waals surface area contributed by atoms with E-state index in [0.717, 1.165) is 0 Å². The summed E-state index contributed by atoms with van der Waals surface area (Å²) in [6, 6.07) is 9.53. The summed E-state index contributed by atoms with van der Waals surface area (Å²) >= 11 is 6.14. The van der Waals surface area contributed by atoms with Gasteiger partial charge in [0.25, 0.3) is 0 Å². The summed E-state index contributed by atoms with van der Waals surface area (Å²) in [6.45, 7) is 4.52. The highest BCUT2D eigenvalue weighted by atomic mass is 35.5. The molecule has 0 spiro atoms. The van der Waals surface area contributed by atoms with Crippen LogP contribution in [0.1, 0.15) is 19.4 Å². The van der Waals surface area contributed by atoms with Gasteiger partial charge in [0.1, 0.15) is 0 Å². The smallest absolute Gasteiger partial charge is 0.248 e. The molecule has 0 aliphatic carbocycles. The standard InChI is InChI=1S/C20H21ClN2O5S/c1-3-23(4-2)29(25,26)15-8-5-14(6-9-15)7-10-20(24)22-17-12-19-18(11-16(17)21)27-13-28-19/h5-12H,3-4,13H2,1-2H3,(H,22,24)/b10-7+. The van der Waals surface area contributed by atoms with Crippen LogP contribution in [0, 0.1) is 0 Å². The average Bonchev–Trinajstić information content (AvgIpc) is 3.15. The summed E-state index contributed by atoms with van der Waals surface area (Å²) in [5, 5.41) is 3.02. The minimum atomic E-state index is -3.51. The Kier molecular flexibility index (Phi) is 6.46. The van der Waals surface area contributed by atoms with Crippen molar-refractivity contribution < 1.29 is 22.7 Å². The van der Waals surface area contributed by atoms with Crippen molar-refractivity contribution in [3.8, 4) is 11.5 Å². The highest BCUT2D eigenvalue weighted by molar-refractivity contribution is 7.89. The Morgan fingerprint density at radius 1 is 1.14 bits per heavy atom. The van der Waals surface area contributed by atoms with Crippen LogP contribution in [-0.4, -0.2) is 38.5 Å². The Morgan fingerprint density at radius 3 is 2.38 bits per heavy atom. The summed E-state index contributed by atoms with van der Waals surface area (Å²) in [5.74, 6) is 0.660. The molecule has 1 N–H and O–H groups in total. The van der Waals surface area contributed by atoms with Crippen molar-refractivity contribution in [2.75, 3.05) is 25.2 Å². The molecule has 0 fully saturated rings. The number of fused-ring (bicyclic) bond motifs is 1. The van der Waals surface area contributed by atoms with Crippen LogP contribution in [-0.2, 0) is 14.8 Å². The van der Waals surface area contributed by atoms with E-state index in [4.69, 9.17) is 21.1 Å². The van der Waals surface area contributed by atoms with E-state index in [2.05, 4.69) is 5.32 Å². The molecule has 0 aromatic heterocycles. The lowest BCUT2D eigenvalue weighted by molar-refractivity contribution is -0.111. The van der Waals surface area contributed by atoms with Crippen molar-refractivity contribution in [3.05, 3.63) is 53.1 Å². The molecule has 154 valence electrons. The van der Waals surface area contributed by atoms with Crippen LogP contribution in [0.5, 0.6) is 11.5 Å². The minimum Gasteiger partial charge on any atom is -0.454 e. The van der Waals surface area contributed by atoms with Crippen molar-refractivity contribution in [2.24, 2.45) is 0 Å². The molecule has 1 aliphatic heterocycles. The fourth-order valence-electron chi connectivity index (χ4n) is 2.82. The highest BCUT2D eigenvalue weighted by Crippen LogP contribution is 2.39. The molecule has 1 heterocycles. The third kappa shape index (κ3) is 4.72. The highest BCUT2D eigenvalue weighted by Gasteiger charge is 2.21. The Hall–Kier alpha value is -2.55. The van der Waals surface area contributed by atoms with Crippen molar-refractivity contribution in [2.45, 2.75) is 18.7 Å². The van der Waals surface area contributed by atoms with Crippen LogP contribution in [0.15, 0.2) is 47.4 Å². The topological polar surface area (TPSA) is 84.9 Å². The quantitative estimate of drug-likeness (QED) is 0.668. The first kappa shape index (κ1) is 21.2. The SMILES string of the molecule is CCN(CC)S(=O)(=O)c1ccc(/C=C/C(=O)Nc2cc3c(cc2Cl)OCO3)cc1. The predicted molar refractivity (Wildman–Crippen MR) is 112 cm³/mol. The zero-order chi connectivity index (χ0) is 21.0. The van der Waals surface area contributed by atoms with E-state index in [0.29, 0.717) is 40.9 Å². The monoisotopic (exact) mass is 436 g/mol. The van der Waals surface area contributed by atoms with Crippen molar-refractivity contribution in [1.82, 2.24) is 4.31 Å². The number of carbonyl (C=O) groups is 1. The number of benzene rings is 2. The maximum atomic E-state index is 12.5. The van der Waals surface area contributed by atoms with Gasteiger partial charge in [-0.2, -0.15) is 4.31 Å². The number of halogens is 1. The normalized spacial score (nSPS) is 13.2. The third-order valence-corrected chi connectivity index (χ3v) is 6.75. The fourth-order valence-corrected chi connectivity index (χ4v) is 4.48. The van der Waals surface area contributed by atoms with Crippen LogP contribution < -0.4 is 14.8 Å². The van der Waals surface area contributed by atoms with Gasteiger partial charge >= 0.3 is 0 Å². The van der Waals surface area contributed by atoms with Crippen LogP contribution in [0.3, 0.4) is 0 Å². The van der Waals surface area contributed by atoms with Gasteiger partial charge in [-0.15, -0.1) is 0 Å². The zero-order valence-electron chi connectivity index (χ0n) is 16.0.